The van der Waals surface area contributed by atoms with Crippen molar-refractivity contribution in [2.75, 3.05) is 0 Å². The number of rotatable bonds is 5. The molecule has 0 saturated carbocycles. The summed E-state index contributed by atoms with van der Waals surface area (Å²) in [5.41, 5.74) is 12.6. The van der Waals surface area contributed by atoms with Crippen molar-refractivity contribution in [3.8, 4) is 55.6 Å². The second-order valence-electron chi connectivity index (χ2n) is 15.5. The summed E-state index contributed by atoms with van der Waals surface area (Å²) in [5, 5.41) is 12.8. The Balaban J connectivity index is 1.04. The van der Waals surface area contributed by atoms with Gasteiger partial charge in [-0.25, -0.2) is 0 Å². The van der Waals surface area contributed by atoms with Crippen molar-refractivity contribution in [3.63, 3.8) is 0 Å². The van der Waals surface area contributed by atoms with E-state index in [-0.39, 0.29) is 0 Å². The molecule has 11 aromatic carbocycles. The summed E-state index contributed by atoms with van der Waals surface area (Å²) in [7, 11) is 0. The Hall–Kier alpha value is -7.32. The Kier molecular flexibility index (Phi) is 7.82. The maximum absolute atomic E-state index is 2.44. The molecule has 0 spiro atoms. The highest BCUT2D eigenvalue weighted by molar-refractivity contribution is 7.25. The lowest BCUT2D eigenvalue weighted by molar-refractivity contribution is 1.61. The van der Waals surface area contributed by atoms with Gasteiger partial charge in [-0.2, -0.15) is 0 Å². The molecule has 0 aliphatic carbocycles. The summed E-state index contributed by atoms with van der Waals surface area (Å²) in [6.45, 7) is 0. The molecule has 0 amide bonds. The third-order valence-electron chi connectivity index (χ3n) is 12.2. The average molecular weight is 765 g/mol. The number of benzene rings is 11. The molecule has 0 unspecified atom stereocenters. The minimum atomic E-state index is 1.23. The van der Waals surface area contributed by atoms with E-state index in [0.717, 1.165) is 0 Å². The number of hydrogen-bond donors (Lipinski definition) is 0. The largest absolute Gasteiger partial charge is 0.135 e. The van der Waals surface area contributed by atoms with E-state index < -0.39 is 0 Å². The summed E-state index contributed by atoms with van der Waals surface area (Å²) in [4.78, 5) is 0. The van der Waals surface area contributed by atoms with Gasteiger partial charge in [-0.1, -0.05) is 194 Å². The molecule has 1 heteroatoms. The lowest BCUT2D eigenvalue weighted by atomic mass is 9.85. The van der Waals surface area contributed by atoms with E-state index in [1.54, 1.807) is 0 Å². The van der Waals surface area contributed by atoms with Crippen molar-refractivity contribution >= 4 is 74.6 Å². The predicted octanol–water partition coefficient (Wildman–Crippen LogP) is 17.0. The van der Waals surface area contributed by atoms with Gasteiger partial charge in [0.1, 0.15) is 0 Å². The first kappa shape index (κ1) is 33.8. The molecule has 59 heavy (non-hydrogen) atoms. The Morgan fingerprint density at radius 2 is 0.559 bits per heavy atom. The fourth-order valence-corrected chi connectivity index (χ4v) is 10.8. The number of thiophene rings is 1. The summed E-state index contributed by atoms with van der Waals surface area (Å²) in [5.74, 6) is 0. The molecule has 0 saturated heterocycles. The molecule has 0 aliphatic rings. The third-order valence-corrected chi connectivity index (χ3v) is 13.4. The van der Waals surface area contributed by atoms with Gasteiger partial charge in [0.15, 0.2) is 0 Å². The lowest BCUT2D eigenvalue weighted by Crippen LogP contribution is -1.91. The van der Waals surface area contributed by atoms with E-state index in [2.05, 4.69) is 218 Å². The molecule has 274 valence electrons. The van der Waals surface area contributed by atoms with Crippen LogP contribution in [0.5, 0.6) is 0 Å². The number of hydrogen-bond acceptors (Lipinski definition) is 1. The van der Waals surface area contributed by atoms with Crippen molar-refractivity contribution < 1.29 is 0 Å². The van der Waals surface area contributed by atoms with Crippen LogP contribution in [0.15, 0.2) is 218 Å². The van der Waals surface area contributed by atoms with Crippen LogP contribution in [0.25, 0.3) is 119 Å². The van der Waals surface area contributed by atoms with E-state index in [1.165, 1.54) is 119 Å². The molecular formula is C58H36S. The maximum atomic E-state index is 2.44. The van der Waals surface area contributed by atoms with Crippen LogP contribution in [0, 0.1) is 0 Å². The first-order chi connectivity index (χ1) is 29.3. The van der Waals surface area contributed by atoms with Gasteiger partial charge < -0.3 is 0 Å². The van der Waals surface area contributed by atoms with E-state index in [9.17, 15) is 0 Å². The minimum absolute atomic E-state index is 1.23. The van der Waals surface area contributed by atoms with Crippen LogP contribution >= 0.6 is 11.3 Å². The summed E-state index contributed by atoms with van der Waals surface area (Å²) in [6, 6.07) is 80.6. The molecule has 0 atom stereocenters. The van der Waals surface area contributed by atoms with Crippen molar-refractivity contribution in [1.82, 2.24) is 0 Å². The highest BCUT2D eigenvalue weighted by Crippen LogP contribution is 2.48. The Morgan fingerprint density at radius 3 is 1.07 bits per heavy atom. The highest BCUT2D eigenvalue weighted by atomic mass is 32.1. The smallest absolute Gasteiger partial charge is 0.0361 e. The van der Waals surface area contributed by atoms with Crippen LogP contribution in [0.4, 0.5) is 0 Å². The molecule has 0 aliphatic heterocycles. The van der Waals surface area contributed by atoms with Crippen molar-refractivity contribution in [2.45, 2.75) is 0 Å². The monoisotopic (exact) mass is 764 g/mol. The molecule has 0 N–H and O–H groups in total. The summed E-state index contributed by atoms with van der Waals surface area (Å²) in [6.07, 6.45) is 0. The quantitative estimate of drug-likeness (QED) is 0.153. The average Bonchev–Trinajstić information content (AvgIpc) is 3.67. The molecule has 1 heterocycles. The Bertz CT molecular complexity index is 3480. The van der Waals surface area contributed by atoms with Gasteiger partial charge in [0, 0.05) is 20.2 Å². The van der Waals surface area contributed by atoms with Crippen LogP contribution in [-0.2, 0) is 0 Å². The van der Waals surface area contributed by atoms with E-state index in [0.29, 0.717) is 0 Å². The molecular weight excluding hydrogens is 729 g/mol. The van der Waals surface area contributed by atoms with E-state index in [1.807, 2.05) is 11.3 Å². The summed E-state index contributed by atoms with van der Waals surface area (Å²) < 4.78 is 2.61. The Morgan fingerprint density at radius 1 is 0.186 bits per heavy atom. The lowest BCUT2D eigenvalue weighted by Gasteiger charge is -2.18. The molecule has 0 nitrogen and oxygen atoms in total. The van der Waals surface area contributed by atoms with Crippen molar-refractivity contribution in [2.24, 2.45) is 0 Å². The van der Waals surface area contributed by atoms with Crippen LogP contribution in [0.1, 0.15) is 0 Å². The third kappa shape index (κ3) is 5.43. The van der Waals surface area contributed by atoms with E-state index in [4.69, 9.17) is 0 Å². The second-order valence-corrected chi connectivity index (χ2v) is 16.6. The van der Waals surface area contributed by atoms with Gasteiger partial charge in [0.2, 0.25) is 0 Å². The molecule has 1 aromatic heterocycles. The number of fused-ring (bicyclic) bond motifs is 7. The van der Waals surface area contributed by atoms with Crippen LogP contribution in [-0.4, -0.2) is 0 Å². The van der Waals surface area contributed by atoms with Gasteiger partial charge in [0.25, 0.3) is 0 Å². The maximum Gasteiger partial charge on any atom is 0.0361 e. The normalized spacial score (nSPS) is 11.7. The standard InChI is InChI=1S/C58H36S/c1-3-16-37(17-4-1)39-20-15-21-40(34-39)56-48-26-11-13-28-50(48)57(51-29-14-12-27-49(51)56)41-31-33-53-52(35-41)43-32-30-42(36-54(43)59-53)58-46-24-9-7-22-44(46)55(38-18-5-2-6-19-38)45-23-8-10-25-47(45)58/h1-36H. The molecule has 12 rings (SSSR count). The van der Waals surface area contributed by atoms with E-state index >= 15 is 0 Å². The van der Waals surface area contributed by atoms with Gasteiger partial charge in [-0.15, -0.1) is 11.3 Å². The first-order valence-corrected chi connectivity index (χ1v) is 21.2. The van der Waals surface area contributed by atoms with Gasteiger partial charge in [-0.3, -0.25) is 0 Å². The predicted molar refractivity (Wildman–Crippen MR) is 257 cm³/mol. The Labute approximate surface area is 346 Å². The van der Waals surface area contributed by atoms with Crippen molar-refractivity contribution in [3.05, 3.63) is 218 Å². The van der Waals surface area contributed by atoms with Gasteiger partial charge in [-0.05, 0) is 123 Å². The molecule has 12 aromatic rings. The zero-order chi connectivity index (χ0) is 38.9. The van der Waals surface area contributed by atoms with Crippen LogP contribution in [0.2, 0.25) is 0 Å². The fourth-order valence-electron chi connectivity index (χ4n) is 9.68. The van der Waals surface area contributed by atoms with Crippen LogP contribution < -0.4 is 0 Å². The minimum Gasteiger partial charge on any atom is -0.135 e. The van der Waals surface area contributed by atoms with Crippen molar-refractivity contribution in [1.29, 1.82) is 0 Å². The van der Waals surface area contributed by atoms with Gasteiger partial charge in [0.05, 0.1) is 0 Å². The summed E-state index contributed by atoms with van der Waals surface area (Å²) >= 11 is 1.89. The topological polar surface area (TPSA) is 0 Å². The molecule has 0 bridgehead atoms. The molecule has 0 radical (unpaired) electrons. The SMILES string of the molecule is c1ccc(-c2cccc(-c3c4ccccc4c(-c4ccc5sc6cc(-c7c8ccccc8c(-c8ccccc8)c8ccccc78)ccc6c5c4)c4ccccc34)c2)cc1. The fraction of sp³-hybridized carbons (Fsp3) is 0. The molecule has 0 fully saturated rings. The van der Waals surface area contributed by atoms with Crippen LogP contribution in [0.3, 0.4) is 0 Å². The second kappa shape index (κ2) is 13.7. The zero-order valence-corrected chi connectivity index (χ0v) is 33.0. The van der Waals surface area contributed by atoms with Gasteiger partial charge >= 0.3 is 0 Å². The highest BCUT2D eigenvalue weighted by Gasteiger charge is 2.20. The zero-order valence-electron chi connectivity index (χ0n) is 32.2. The first-order valence-electron chi connectivity index (χ1n) is 20.3.